The lowest BCUT2D eigenvalue weighted by molar-refractivity contribution is 0.194. The van der Waals surface area contributed by atoms with E-state index in [9.17, 15) is 4.79 Å². The van der Waals surface area contributed by atoms with Crippen LogP contribution in [0.1, 0.15) is 34.0 Å². The average molecular weight is 442 g/mol. The zero-order valence-electron chi connectivity index (χ0n) is 18.0. The summed E-state index contributed by atoms with van der Waals surface area (Å²) in [4.78, 5) is 15.6. The Balaban J connectivity index is 1.64. The second-order valence-corrected chi connectivity index (χ2v) is 8.70. The second-order valence-electron chi connectivity index (χ2n) is 8.29. The molecule has 0 bridgehead atoms. The molecule has 3 aromatic carbocycles. The van der Waals surface area contributed by atoms with Crippen molar-refractivity contribution in [1.82, 2.24) is 9.47 Å². The molecule has 1 N–H and O–H groups in total. The molecule has 0 unspecified atom stereocenters. The number of nitrogens with one attached hydrogen (secondary N) is 1. The van der Waals surface area contributed by atoms with Crippen LogP contribution in [0.25, 0.3) is 5.69 Å². The van der Waals surface area contributed by atoms with Crippen LogP contribution in [0.15, 0.2) is 85.1 Å². The van der Waals surface area contributed by atoms with E-state index in [2.05, 4.69) is 59.4 Å². The predicted octanol–water partition coefficient (Wildman–Crippen LogP) is 6.88. The van der Waals surface area contributed by atoms with Gasteiger partial charge in [-0.25, -0.2) is 4.79 Å². The third-order valence-electron chi connectivity index (χ3n) is 5.95. The molecule has 4 nitrogen and oxygen atoms in total. The average Bonchev–Trinajstić information content (AvgIpc) is 3.20. The summed E-state index contributed by atoms with van der Waals surface area (Å²) in [5.74, 6) is 0. The molecule has 0 saturated heterocycles. The Hall–Kier alpha value is -3.50. The number of anilines is 1. The maximum absolute atomic E-state index is 13.7. The van der Waals surface area contributed by atoms with Crippen molar-refractivity contribution in [2.75, 3.05) is 5.32 Å². The SMILES string of the molecule is Cc1cccc([C@@H]2c3cccn3-c3ccccc3CN2C(=O)Nc2ccc(C)cc2Cl)c1. The summed E-state index contributed by atoms with van der Waals surface area (Å²) in [6.07, 6.45) is 2.06. The van der Waals surface area contributed by atoms with E-state index >= 15 is 0 Å². The molecule has 2 amide bonds. The molecule has 1 atom stereocenters. The molecule has 0 spiro atoms. The molecule has 160 valence electrons. The molecule has 0 fully saturated rings. The molecule has 4 aromatic rings. The number of amides is 2. The first-order valence-corrected chi connectivity index (χ1v) is 11.0. The first-order chi connectivity index (χ1) is 15.5. The standard InChI is InChI=1S/C27H24ClN3O/c1-18-7-5-9-20(15-18)26-25-11-6-14-30(25)24-10-4-3-8-21(24)17-31(26)27(32)29-23-13-12-19(2)16-22(23)28/h3-16,26H,17H2,1-2H3,(H,29,32)/t26-/m1/s1. The zero-order valence-corrected chi connectivity index (χ0v) is 18.8. The summed E-state index contributed by atoms with van der Waals surface area (Å²) >= 11 is 6.43. The van der Waals surface area contributed by atoms with E-state index in [1.54, 1.807) is 0 Å². The Labute approximate surface area is 193 Å². The van der Waals surface area contributed by atoms with E-state index in [1.807, 2.05) is 54.3 Å². The molecule has 0 aliphatic carbocycles. The van der Waals surface area contributed by atoms with Crippen molar-refractivity contribution < 1.29 is 4.79 Å². The van der Waals surface area contributed by atoms with Crippen LogP contribution in [-0.2, 0) is 6.54 Å². The fourth-order valence-corrected chi connectivity index (χ4v) is 4.72. The smallest absolute Gasteiger partial charge is 0.318 e. The minimum Gasteiger partial charge on any atom is -0.318 e. The first kappa shape index (κ1) is 20.4. The zero-order chi connectivity index (χ0) is 22.2. The summed E-state index contributed by atoms with van der Waals surface area (Å²) in [5.41, 5.74) is 7.11. The number of urea groups is 1. The van der Waals surface area contributed by atoms with Gasteiger partial charge in [0, 0.05) is 11.9 Å². The van der Waals surface area contributed by atoms with Gasteiger partial charge >= 0.3 is 6.03 Å². The number of aryl methyl sites for hydroxylation is 2. The molecule has 32 heavy (non-hydrogen) atoms. The number of nitrogens with zero attached hydrogens (tertiary/aromatic N) is 2. The summed E-state index contributed by atoms with van der Waals surface area (Å²) < 4.78 is 2.19. The number of hydrogen-bond donors (Lipinski definition) is 1. The van der Waals surface area contributed by atoms with Crippen molar-refractivity contribution in [3.63, 3.8) is 0 Å². The fraction of sp³-hybridized carbons (Fsp3) is 0.148. The maximum atomic E-state index is 13.7. The molecule has 5 heteroatoms. The van der Waals surface area contributed by atoms with Crippen LogP contribution >= 0.6 is 11.6 Å². The molecule has 1 aliphatic rings. The molecule has 1 aromatic heterocycles. The Morgan fingerprint density at radius 2 is 1.75 bits per heavy atom. The van der Waals surface area contributed by atoms with Crippen LogP contribution in [0, 0.1) is 13.8 Å². The Morgan fingerprint density at radius 1 is 0.938 bits per heavy atom. The summed E-state index contributed by atoms with van der Waals surface area (Å²) in [6.45, 7) is 4.53. The predicted molar refractivity (Wildman–Crippen MR) is 130 cm³/mol. The van der Waals surface area contributed by atoms with Crippen LogP contribution in [0.2, 0.25) is 5.02 Å². The third-order valence-corrected chi connectivity index (χ3v) is 6.26. The maximum Gasteiger partial charge on any atom is 0.323 e. The summed E-state index contributed by atoms with van der Waals surface area (Å²) in [6, 6.07) is 25.9. The van der Waals surface area contributed by atoms with Gasteiger partial charge in [0.1, 0.15) is 0 Å². The minimum absolute atomic E-state index is 0.188. The lowest BCUT2D eigenvalue weighted by atomic mass is 10.00. The normalized spacial score (nSPS) is 15.0. The molecule has 5 rings (SSSR count). The molecular formula is C27H24ClN3O. The van der Waals surface area contributed by atoms with Crippen molar-refractivity contribution in [2.45, 2.75) is 26.4 Å². The van der Waals surface area contributed by atoms with E-state index in [0.717, 1.165) is 33.6 Å². The molecular weight excluding hydrogens is 418 g/mol. The minimum atomic E-state index is -0.249. The Bertz CT molecular complexity index is 1310. The van der Waals surface area contributed by atoms with E-state index in [0.29, 0.717) is 17.3 Å². The van der Waals surface area contributed by atoms with Crippen molar-refractivity contribution in [2.24, 2.45) is 0 Å². The quantitative estimate of drug-likeness (QED) is 0.361. The number of halogens is 1. The van der Waals surface area contributed by atoms with Gasteiger partial charge in [0.25, 0.3) is 0 Å². The summed E-state index contributed by atoms with van der Waals surface area (Å²) in [5, 5.41) is 3.58. The monoisotopic (exact) mass is 441 g/mol. The van der Waals surface area contributed by atoms with E-state index in [-0.39, 0.29) is 12.1 Å². The number of carbonyl (C=O) groups excluding carboxylic acids is 1. The lowest BCUT2D eigenvalue weighted by Gasteiger charge is -2.31. The van der Waals surface area contributed by atoms with Gasteiger partial charge in [-0.2, -0.15) is 0 Å². The van der Waals surface area contributed by atoms with Gasteiger partial charge in [-0.05, 0) is 60.9 Å². The van der Waals surface area contributed by atoms with Crippen LogP contribution in [-0.4, -0.2) is 15.5 Å². The summed E-state index contributed by atoms with van der Waals surface area (Å²) in [7, 11) is 0. The number of fused-ring (bicyclic) bond motifs is 3. The second kappa shape index (κ2) is 8.21. The van der Waals surface area contributed by atoms with Gasteiger partial charge in [0.15, 0.2) is 0 Å². The molecule has 2 heterocycles. The van der Waals surface area contributed by atoms with Gasteiger partial charge in [0.05, 0.1) is 29.0 Å². The van der Waals surface area contributed by atoms with E-state index in [1.165, 1.54) is 0 Å². The fourth-order valence-electron chi connectivity index (χ4n) is 4.44. The Morgan fingerprint density at radius 3 is 2.56 bits per heavy atom. The molecule has 1 aliphatic heterocycles. The molecule has 0 radical (unpaired) electrons. The lowest BCUT2D eigenvalue weighted by Crippen LogP contribution is -2.38. The highest BCUT2D eigenvalue weighted by molar-refractivity contribution is 6.33. The van der Waals surface area contributed by atoms with Gasteiger partial charge in [0.2, 0.25) is 0 Å². The van der Waals surface area contributed by atoms with Crippen molar-refractivity contribution >= 4 is 23.3 Å². The van der Waals surface area contributed by atoms with E-state index in [4.69, 9.17) is 11.6 Å². The van der Waals surface area contributed by atoms with Crippen molar-refractivity contribution in [3.05, 3.63) is 118 Å². The largest absolute Gasteiger partial charge is 0.323 e. The highest BCUT2D eigenvalue weighted by atomic mass is 35.5. The first-order valence-electron chi connectivity index (χ1n) is 10.7. The van der Waals surface area contributed by atoms with Gasteiger partial charge < -0.3 is 14.8 Å². The number of benzene rings is 3. The van der Waals surface area contributed by atoms with Gasteiger partial charge in [-0.3, -0.25) is 0 Å². The van der Waals surface area contributed by atoms with E-state index < -0.39 is 0 Å². The highest BCUT2D eigenvalue weighted by Gasteiger charge is 2.33. The van der Waals surface area contributed by atoms with Crippen LogP contribution < -0.4 is 5.32 Å². The highest BCUT2D eigenvalue weighted by Crippen LogP contribution is 2.37. The Kier molecular flexibility index (Phi) is 5.24. The van der Waals surface area contributed by atoms with Gasteiger partial charge in [-0.1, -0.05) is 65.7 Å². The topological polar surface area (TPSA) is 37.3 Å². The number of aromatic nitrogens is 1. The number of para-hydroxylation sites is 1. The van der Waals surface area contributed by atoms with Crippen molar-refractivity contribution in [3.8, 4) is 5.69 Å². The number of carbonyl (C=O) groups is 1. The number of hydrogen-bond acceptors (Lipinski definition) is 1. The van der Waals surface area contributed by atoms with Crippen LogP contribution in [0.5, 0.6) is 0 Å². The third kappa shape index (κ3) is 3.67. The molecule has 0 saturated carbocycles. The van der Waals surface area contributed by atoms with Gasteiger partial charge in [-0.15, -0.1) is 0 Å². The van der Waals surface area contributed by atoms with Crippen LogP contribution in [0.4, 0.5) is 10.5 Å². The van der Waals surface area contributed by atoms with Crippen molar-refractivity contribution in [1.29, 1.82) is 0 Å². The van der Waals surface area contributed by atoms with Crippen LogP contribution in [0.3, 0.4) is 0 Å². The number of rotatable bonds is 2.